The summed E-state index contributed by atoms with van der Waals surface area (Å²) in [4.78, 5) is 23.0. The fourth-order valence-electron chi connectivity index (χ4n) is 6.21. The van der Waals surface area contributed by atoms with E-state index in [1.54, 1.807) is 0 Å². The Balaban J connectivity index is 1.44. The highest BCUT2D eigenvalue weighted by Crippen LogP contribution is 2.44. The van der Waals surface area contributed by atoms with Crippen LogP contribution >= 0.6 is 11.9 Å². The normalized spacial score (nSPS) is 17.9. The van der Waals surface area contributed by atoms with Crippen LogP contribution in [0.5, 0.6) is 0 Å². The summed E-state index contributed by atoms with van der Waals surface area (Å²) >= 11 is 1.44. The van der Waals surface area contributed by atoms with Gasteiger partial charge in [0.25, 0.3) is 0 Å². The Morgan fingerprint density at radius 3 is 2.50 bits per heavy atom. The summed E-state index contributed by atoms with van der Waals surface area (Å²) in [5.74, 6) is 1.85. The molecule has 46 heavy (non-hydrogen) atoms. The minimum Gasteiger partial charge on any atom is -0.452 e. The molecule has 3 aromatic heterocycles. The number of hydrogen-bond donors (Lipinski definition) is 1. The molecule has 8 heteroatoms. The first kappa shape index (κ1) is 26.5. The molecule has 0 bridgehead atoms. The van der Waals surface area contributed by atoms with Gasteiger partial charge in [0.15, 0.2) is 11.6 Å². The Morgan fingerprint density at radius 1 is 0.717 bits per heavy atom. The van der Waals surface area contributed by atoms with E-state index in [2.05, 4.69) is 46.4 Å². The molecule has 0 unspecified atom stereocenters. The van der Waals surface area contributed by atoms with Crippen LogP contribution in [-0.2, 0) is 0 Å². The maximum atomic E-state index is 6.78. The number of furan rings is 1. The molecule has 7 nitrogen and oxygen atoms in total. The number of nitrogens with one attached hydrogen (secondary N) is 1. The van der Waals surface area contributed by atoms with Crippen LogP contribution in [0.15, 0.2) is 140 Å². The monoisotopic (exact) mass is 612 g/mol. The van der Waals surface area contributed by atoms with E-state index >= 15 is 0 Å². The third kappa shape index (κ3) is 4.42. The third-order valence-corrected chi connectivity index (χ3v) is 8.81. The standard InChI is InChI=1S/C38H24N6OS/c1-2-8-19-40-31(15-3-1)35-36-33(45-37(35)38-42-29-13-6-7-14-30(29)43-38)18-17-25(32-21-39-22-46-44-32)34(36)24-11-9-16-28-26(24)20-23-10-4-5-12-27(23)41-28/h1-21H,22H2,(H,42,43)/b2-1-,3-1?,8-2?,15-3-,19-8-,31-15?,40-19?,40-31+. The summed E-state index contributed by atoms with van der Waals surface area (Å²) in [6.45, 7) is 0. The molecule has 218 valence electrons. The highest BCUT2D eigenvalue weighted by Gasteiger charge is 2.28. The zero-order chi connectivity index (χ0) is 30.5. The van der Waals surface area contributed by atoms with Crippen LogP contribution < -0.4 is 0 Å². The fourth-order valence-corrected chi connectivity index (χ4v) is 6.69. The molecule has 7 aromatic rings. The zero-order valence-electron chi connectivity index (χ0n) is 24.4. The van der Waals surface area contributed by atoms with Crippen molar-refractivity contribution in [3.05, 3.63) is 133 Å². The molecule has 5 heterocycles. The summed E-state index contributed by atoms with van der Waals surface area (Å²) in [7, 11) is 0. The SMILES string of the molecule is C1=NCSN=C1c1ccc2oc(-c3nc4ccccc4[nH]3)c(C3=N/C=C\C=C/C=C\3)c2c1-c1cccc2nc3ccccc3cc12. The van der Waals surface area contributed by atoms with Crippen LogP contribution in [0, 0.1) is 0 Å². The number of fused-ring (bicyclic) bond motifs is 4. The van der Waals surface area contributed by atoms with Crippen molar-refractivity contribution < 1.29 is 4.42 Å². The van der Waals surface area contributed by atoms with Gasteiger partial charge in [-0.15, -0.1) is 0 Å². The van der Waals surface area contributed by atoms with Crippen molar-refractivity contribution in [1.82, 2.24) is 15.0 Å². The van der Waals surface area contributed by atoms with Crippen molar-refractivity contribution in [2.45, 2.75) is 0 Å². The number of aliphatic imine (C=N–C) groups is 2. The number of pyridine rings is 1. The molecule has 0 spiro atoms. The van der Waals surface area contributed by atoms with E-state index in [0.717, 1.165) is 71.9 Å². The summed E-state index contributed by atoms with van der Waals surface area (Å²) in [6, 6.07) is 28.8. The Morgan fingerprint density at radius 2 is 1.59 bits per heavy atom. The highest BCUT2D eigenvalue weighted by atomic mass is 32.2. The first-order chi connectivity index (χ1) is 22.8. The number of aromatic amines is 1. The molecule has 0 saturated carbocycles. The van der Waals surface area contributed by atoms with Gasteiger partial charge in [0.05, 0.1) is 39.1 Å². The van der Waals surface area contributed by atoms with Crippen LogP contribution in [0.25, 0.3) is 66.5 Å². The number of allylic oxidation sites excluding steroid dienone is 5. The molecule has 0 amide bonds. The van der Waals surface area contributed by atoms with Crippen molar-refractivity contribution in [2.24, 2.45) is 14.4 Å². The maximum Gasteiger partial charge on any atom is 0.180 e. The van der Waals surface area contributed by atoms with E-state index in [9.17, 15) is 0 Å². The van der Waals surface area contributed by atoms with E-state index in [1.807, 2.05) is 91.3 Å². The zero-order valence-corrected chi connectivity index (χ0v) is 25.2. The molecular weight excluding hydrogens is 589 g/mol. The van der Waals surface area contributed by atoms with Gasteiger partial charge in [0, 0.05) is 39.7 Å². The third-order valence-electron chi connectivity index (χ3n) is 8.22. The van der Waals surface area contributed by atoms with Crippen molar-refractivity contribution in [3.8, 4) is 22.7 Å². The molecule has 0 aliphatic carbocycles. The lowest BCUT2D eigenvalue weighted by molar-refractivity contribution is 0.626. The van der Waals surface area contributed by atoms with Gasteiger partial charge in [-0.25, -0.2) is 14.4 Å². The molecule has 0 atom stereocenters. The first-order valence-electron chi connectivity index (χ1n) is 14.9. The van der Waals surface area contributed by atoms with Gasteiger partial charge in [0.1, 0.15) is 11.5 Å². The Kier molecular flexibility index (Phi) is 6.31. The minimum absolute atomic E-state index is 0.597. The number of imidazole rings is 1. The van der Waals surface area contributed by atoms with Crippen LogP contribution in [0.1, 0.15) is 11.1 Å². The largest absolute Gasteiger partial charge is 0.452 e. The van der Waals surface area contributed by atoms with E-state index in [4.69, 9.17) is 23.8 Å². The van der Waals surface area contributed by atoms with E-state index in [0.29, 0.717) is 23.0 Å². The predicted molar refractivity (Wildman–Crippen MR) is 191 cm³/mol. The van der Waals surface area contributed by atoms with Crippen LogP contribution in [0.2, 0.25) is 0 Å². The summed E-state index contributed by atoms with van der Waals surface area (Å²) in [5, 5.41) is 3.02. The highest BCUT2D eigenvalue weighted by molar-refractivity contribution is 7.98. The number of aromatic nitrogens is 3. The first-order valence-corrected chi connectivity index (χ1v) is 15.9. The second-order valence-corrected chi connectivity index (χ2v) is 11.7. The number of hydrogen-bond acceptors (Lipinski definition) is 7. The topological polar surface area (TPSA) is 91.8 Å². The quantitative estimate of drug-likeness (QED) is 0.158. The Hall–Kier alpha value is -5.86. The minimum atomic E-state index is 0.597. The summed E-state index contributed by atoms with van der Waals surface area (Å²) in [5.41, 5.74) is 9.72. The van der Waals surface area contributed by atoms with Crippen LogP contribution in [0.3, 0.4) is 0 Å². The predicted octanol–water partition coefficient (Wildman–Crippen LogP) is 9.25. The second-order valence-electron chi connectivity index (χ2n) is 11.0. The number of benzene rings is 4. The van der Waals surface area contributed by atoms with Gasteiger partial charge >= 0.3 is 0 Å². The van der Waals surface area contributed by atoms with Gasteiger partial charge in [0.2, 0.25) is 0 Å². The van der Waals surface area contributed by atoms with Crippen molar-refractivity contribution in [3.63, 3.8) is 0 Å². The molecule has 0 saturated heterocycles. The van der Waals surface area contributed by atoms with E-state index in [-0.39, 0.29) is 0 Å². The Labute approximate surface area is 267 Å². The smallest absolute Gasteiger partial charge is 0.180 e. The lowest BCUT2D eigenvalue weighted by Gasteiger charge is -2.16. The molecular formula is C38H24N6OS. The van der Waals surface area contributed by atoms with Crippen molar-refractivity contribution in [1.29, 1.82) is 0 Å². The molecule has 0 fully saturated rings. The molecule has 2 aliphatic heterocycles. The van der Waals surface area contributed by atoms with Gasteiger partial charge < -0.3 is 9.40 Å². The van der Waals surface area contributed by atoms with Gasteiger partial charge in [-0.2, -0.15) is 0 Å². The Bertz CT molecular complexity index is 2510. The fraction of sp³-hybridized carbons (Fsp3) is 0.0263. The lowest BCUT2D eigenvalue weighted by atomic mass is 9.88. The van der Waals surface area contributed by atoms with E-state index in [1.165, 1.54) is 11.9 Å². The number of H-pyrrole nitrogens is 1. The van der Waals surface area contributed by atoms with E-state index < -0.39 is 0 Å². The summed E-state index contributed by atoms with van der Waals surface area (Å²) < 4.78 is 11.6. The van der Waals surface area contributed by atoms with Crippen LogP contribution in [0.4, 0.5) is 0 Å². The number of nitrogens with zero attached hydrogens (tertiary/aromatic N) is 5. The van der Waals surface area contributed by atoms with Gasteiger partial charge in [-0.1, -0.05) is 60.7 Å². The molecule has 1 N–H and O–H groups in total. The lowest BCUT2D eigenvalue weighted by Crippen LogP contribution is -2.08. The average molecular weight is 613 g/mol. The number of rotatable bonds is 4. The maximum absolute atomic E-state index is 6.78. The summed E-state index contributed by atoms with van der Waals surface area (Å²) in [6.07, 6.45) is 13.6. The van der Waals surface area contributed by atoms with Crippen molar-refractivity contribution >= 4 is 73.4 Å². The van der Waals surface area contributed by atoms with Gasteiger partial charge in [-0.3, -0.25) is 9.98 Å². The average Bonchev–Trinajstić information content (AvgIpc) is 3.69. The molecule has 2 aliphatic rings. The molecule has 9 rings (SSSR count). The van der Waals surface area contributed by atoms with Crippen LogP contribution in [-0.4, -0.2) is 38.5 Å². The molecule has 0 radical (unpaired) electrons. The molecule has 4 aromatic carbocycles. The second kappa shape index (κ2) is 10.9. The van der Waals surface area contributed by atoms with Gasteiger partial charge in [-0.05, 0) is 72.1 Å². The van der Waals surface area contributed by atoms with Crippen molar-refractivity contribution in [2.75, 3.05) is 5.88 Å². The number of para-hydroxylation sites is 3.